The van der Waals surface area contributed by atoms with Crippen LogP contribution >= 0.6 is 23.5 Å². The highest BCUT2D eigenvalue weighted by molar-refractivity contribution is 9.10. The van der Waals surface area contributed by atoms with E-state index in [1.807, 2.05) is 0 Å². The van der Waals surface area contributed by atoms with Crippen molar-refractivity contribution in [2.24, 2.45) is 5.73 Å². The van der Waals surface area contributed by atoms with Gasteiger partial charge in [-0.05, 0) is 47.5 Å². The number of phenolic OH excluding ortho intramolecular Hbond substituents is 1. The Bertz CT molecular complexity index is 445. The zero-order valence-electron chi connectivity index (χ0n) is 10.3. The van der Waals surface area contributed by atoms with Crippen molar-refractivity contribution in [3.8, 4) is 5.75 Å². The first-order valence-corrected chi connectivity index (χ1v) is 7.97. The van der Waals surface area contributed by atoms with Crippen molar-refractivity contribution in [2.75, 3.05) is 13.2 Å². The fourth-order valence-electron chi connectivity index (χ4n) is 1.45. The summed E-state index contributed by atoms with van der Waals surface area (Å²) in [6, 6.07) is 4.67. The molecule has 0 bridgehead atoms. The lowest BCUT2D eigenvalue weighted by molar-refractivity contribution is 0.212. The first-order chi connectivity index (χ1) is 8.44. The van der Waals surface area contributed by atoms with Gasteiger partial charge in [-0.15, -0.1) is 0 Å². The molecule has 0 radical (unpaired) electrons. The summed E-state index contributed by atoms with van der Waals surface area (Å²) >= 11 is 3.18. The van der Waals surface area contributed by atoms with E-state index in [1.165, 1.54) is 6.07 Å². The average Bonchev–Trinajstić information content (AvgIpc) is 2.32. The first-order valence-electron chi connectivity index (χ1n) is 5.57. The van der Waals surface area contributed by atoms with Gasteiger partial charge in [-0.3, -0.25) is 4.57 Å². The zero-order valence-corrected chi connectivity index (χ0v) is 12.8. The SMILES string of the molecule is CCOP(=O)(OCC)[C@@H](N)c1ccc(O)c(Br)c1. The van der Waals surface area contributed by atoms with E-state index in [2.05, 4.69) is 15.9 Å². The summed E-state index contributed by atoms with van der Waals surface area (Å²) in [6.07, 6.45) is 0. The van der Waals surface area contributed by atoms with Gasteiger partial charge in [-0.2, -0.15) is 0 Å². The fraction of sp³-hybridized carbons (Fsp3) is 0.455. The van der Waals surface area contributed by atoms with Crippen LogP contribution in [0.25, 0.3) is 0 Å². The lowest BCUT2D eigenvalue weighted by Gasteiger charge is -2.23. The Labute approximate surface area is 115 Å². The topological polar surface area (TPSA) is 81.8 Å². The third-order valence-corrected chi connectivity index (χ3v) is 5.12. The van der Waals surface area contributed by atoms with Crippen molar-refractivity contribution >= 4 is 23.5 Å². The Balaban J connectivity index is 3.05. The standard InChI is InChI=1S/C11H17BrNO4P/c1-3-16-18(15,17-4-2)11(13)8-5-6-10(14)9(12)7-8/h5-7,11,14H,3-4,13H2,1-2H3/t11-/m1/s1. The van der Waals surface area contributed by atoms with E-state index < -0.39 is 13.4 Å². The number of aromatic hydroxyl groups is 1. The van der Waals surface area contributed by atoms with Crippen LogP contribution in [0.2, 0.25) is 0 Å². The average molecular weight is 338 g/mol. The molecule has 0 fully saturated rings. The molecule has 5 nitrogen and oxygen atoms in total. The number of rotatable bonds is 6. The summed E-state index contributed by atoms with van der Waals surface area (Å²) in [6.45, 7) is 3.96. The molecule has 0 saturated carbocycles. The molecule has 0 spiro atoms. The van der Waals surface area contributed by atoms with Crippen molar-refractivity contribution in [2.45, 2.75) is 19.6 Å². The van der Waals surface area contributed by atoms with Crippen LogP contribution in [0.1, 0.15) is 25.2 Å². The Morgan fingerprint density at radius 3 is 2.39 bits per heavy atom. The second kappa shape index (κ2) is 6.68. The van der Waals surface area contributed by atoms with E-state index in [-0.39, 0.29) is 19.0 Å². The van der Waals surface area contributed by atoms with Gasteiger partial charge in [-0.25, -0.2) is 0 Å². The summed E-state index contributed by atoms with van der Waals surface area (Å²) in [5.41, 5.74) is 6.52. The highest BCUT2D eigenvalue weighted by Crippen LogP contribution is 2.58. The Hall–Kier alpha value is -0.390. The third-order valence-electron chi connectivity index (χ3n) is 2.27. The lowest BCUT2D eigenvalue weighted by Crippen LogP contribution is -2.15. The number of phenols is 1. The second-order valence-corrected chi connectivity index (χ2v) is 6.54. The van der Waals surface area contributed by atoms with Crippen LogP contribution < -0.4 is 5.73 Å². The molecule has 3 N–H and O–H groups in total. The van der Waals surface area contributed by atoms with Crippen molar-refractivity contribution in [3.05, 3.63) is 28.2 Å². The molecule has 0 amide bonds. The molecular formula is C11H17BrNO4P. The van der Waals surface area contributed by atoms with Crippen molar-refractivity contribution in [3.63, 3.8) is 0 Å². The molecule has 0 aliphatic rings. The summed E-state index contributed by atoms with van der Waals surface area (Å²) in [4.78, 5) is 0. The van der Waals surface area contributed by atoms with Crippen molar-refractivity contribution in [1.82, 2.24) is 0 Å². The molecule has 0 heterocycles. The van der Waals surface area contributed by atoms with E-state index >= 15 is 0 Å². The minimum Gasteiger partial charge on any atom is -0.507 e. The molecule has 1 aromatic rings. The van der Waals surface area contributed by atoms with Crippen molar-refractivity contribution in [1.29, 1.82) is 0 Å². The summed E-state index contributed by atoms with van der Waals surface area (Å²) in [5, 5.41) is 9.42. The molecule has 102 valence electrons. The molecule has 0 aromatic heterocycles. The minimum atomic E-state index is -3.39. The van der Waals surface area contributed by atoms with Gasteiger partial charge < -0.3 is 19.9 Å². The van der Waals surface area contributed by atoms with Gasteiger partial charge in [0.05, 0.1) is 17.7 Å². The van der Waals surface area contributed by atoms with E-state index in [9.17, 15) is 9.67 Å². The Morgan fingerprint density at radius 2 is 1.94 bits per heavy atom. The van der Waals surface area contributed by atoms with Crippen LogP contribution in [0, 0.1) is 0 Å². The lowest BCUT2D eigenvalue weighted by atomic mass is 10.2. The molecule has 0 aliphatic carbocycles. The summed E-state index contributed by atoms with van der Waals surface area (Å²) in [5.74, 6) is -0.789. The number of benzene rings is 1. The maximum Gasteiger partial charge on any atom is 0.351 e. The maximum atomic E-state index is 12.5. The fourth-order valence-corrected chi connectivity index (χ4v) is 3.49. The molecule has 1 aromatic carbocycles. The number of hydrogen-bond acceptors (Lipinski definition) is 5. The van der Waals surface area contributed by atoms with E-state index in [0.717, 1.165) is 0 Å². The van der Waals surface area contributed by atoms with Gasteiger partial charge in [-0.1, -0.05) is 6.07 Å². The van der Waals surface area contributed by atoms with E-state index in [0.29, 0.717) is 10.0 Å². The van der Waals surface area contributed by atoms with E-state index in [1.54, 1.807) is 26.0 Å². The van der Waals surface area contributed by atoms with Crippen molar-refractivity contribution < 1.29 is 18.7 Å². The number of halogens is 1. The van der Waals surface area contributed by atoms with Gasteiger partial charge in [0.15, 0.2) is 0 Å². The third kappa shape index (κ3) is 3.56. The van der Waals surface area contributed by atoms with Gasteiger partial charge in [0, 0.05) is 0 Å². The highest BCUT2D eigenvalue weighted by atomic mass is 79.9. The predicted molar refractivity (Wildman–Crippen MR) is 73.6 cm³/mol. The van der Waals surface area contributed by atoms with Crippen LogP contribution in [0.3, 0.4) is 0 Å². The van der Waals surface area contributed by atoms with E-state index in [4.69, 9.17) is 14.8 Å². The molecule has 0 saturated heterocycles. The monoisotopic (exact) mass is 337 g/mol. The molecule has 0 aliphatic heterocycles. The minimum absolute atomic E-state index is 0.0913. The van der Waals surface area contributed by atoms with Crippen LogP contribution in [-0.4, -0.2) is 18.3 Å². The smallest absolute Gasteiger partial charge is 0.351 e. The summed E-state index contributed by atoms with van der Waals surface area (Å²) in [7, 11) is -3.39. The van der Waals surface area contributed by atoms with Crippen LogP contribution in [0.4, 0.5) is 0 Å². The van der Waals surface area contributed by atoms with Crippen LogP contribution in [-0.2, 0) is 13.6 Å². The molecular weight excluding hydrogens is 321 g/mol. The quantitative estimate of drug-likeness (QED) is 0.777. The normalized spacial score (nSPS) is 13.6. The number of hydrogen-bond donors (Lipinski definition) is 2. The number of nitrogens with two attached hydrogens (primary N) is 1. The van der Waals surface area contributed by atoms with Crippen LogP contribution in [0.5, 0.6) is 5.75 Å². The second-order valence-electron chi connectivity index (χ2n) is 3.53. The molecule has 18 heavy (non-hydrogen) atoms. The van der Waals surface area contributed by atoms with Gasteiger partial charge in [0.1, 0.15) is 11.5 Å². The highest BCUT2D eigenvalue weighted by Gasteiger charge is 2.34. The van der Waals surface area contributed by atoms with Gasteiger partial charge in [0.2, 0.25) is 0 Å². The molecule has 7 heteroatoms. The maximum absolute atomic E-state index is 12.5. The molecule has 0 unspecified atom stereocenters. The van der Waals surface area contributed by atoms with Gasteiger partial charge in [0.25, 0.3) is 0 Å². The molecule has 1 rings (SSSR count). The summed E-state index contributed by atoms with van der Waals surface area (Å²) < 4.78 is 23.3. The van der Waals surface area contributed by atoms with Crippen LogP contribution in [0.15, 0.2) is 22.7 Å². The Morgan fingerprint density at radius 1 is 1.39 bits per heavy atom. The predicted octanol–water partition coefficient (Wildman–Crippen LogP) is 3.38. The largest absolute Gasteiger partial charge is 0.507 e. The Kier molecular flexibility index (Phi) is 5.82. The zero-order chi connectivity index (χ0) is 13.8. The van der Waals surface area contributed by atoms with Gasteiger partial charge >= 0.3 is 7.60 Å². The first kappa shape index (κ1) is 15.7. The molecule has 1 atom stereocenters.